The zero-order valence-electron chi connectivity index (χ0n) is 17.0. The summed E-state index contributed by atoms with van der Waals surface area (Å²) in [5.41, 5.74) is 0.480. The Bertz CT molecular complexity index is 847. The molecule has 2 amide bonds. The van der Waals surface area contributed by atoms with Crippen molar-refractivity contribution >= 4 is 22.6 Å². The zero-order chi connectivity index (χ0) is 20.1. The molecule has 1 aliphatic carbocycles. The van der Waals surface area contributed by atoms with Crippen molar-refractivity contribution in [1.82, 2.24) is 10.6 Å². The third kappa shape index (κ3) is 5.03. The minimum absolute atomic E-state index is 0.0447. The van der Waals surface area contributed by atoms with Crippen LogP contribution in [0, 0.1) is 5.92 Å². The molecule has 2 aromatic rings. The maximum atomic E-state index is 13.1. The van der Waals surface area contributed by atoms with Gasteiger partial charge in [-0.3, -0.25) is 9.59 Å². The number of ether oxygens (including phenoxy) is 1. The van der Waals surface area contributed by atoms with E-state index in [1.807, 2.05) is 50.2 Å². The van der Waals surface area contributed by atoms with Crippen molar-refractivity contribution in [1.29, 1.82) is 0 Å². The molecule has 2 unspecified atom stereocenters. The Morgan fingerprint density at radius 3 is 2.46 bits per heavy atom. The minimum atomic E-state index is -0.199. The van der Waals surface area contributed by atoms with Crippen LogP contribution in [-0.2, 0) is 4.79 Å². The molecule has 2 aromatic carbocycles. The number of amides is 2. The van der Waals surface area contributed by atoms with E-state index < -0.39 is 0 Å². The first-order valence-corrected chi connectivity index (χ1v) is 10.2. The standard InChI is InChI=1S/C23H30N2O3/c1-15(2)24-22(26)14-28-21-13-18-10-6-5-9-17(18)12-19(21)23(27)25-20-11-7-4-8-16(20)3/h5-6,9-10,12-13,15-16,20H,4,7-8,11,14H2,1-3H3,(H,24,26)(H,25,27). The molecule has 0 saturated heterocycles. The van der Waals surface area contributed by atoms with Crippen LogP contribution in [0.25, 0.3) is 10.8 Å². The number of nitrogens with one attached hydrogen (secondary N) is 2. The molecule has 5 heteroatoms. The molecule has 1 aliphatic rings. The number of carbonyl (C=O) groups is 2. The molecule has 3 rings (SSSR count). The highest BCUT2D eigenvalue weighted by Crippen LogP contribution is 2.28. The molecule has 0 radical (unpaired) electrons. The number of benzene rings is 2. The lowest BCUT2D eigenvalue weighted by molar-refractivity contribution is -0.123. The number of rotatable bonds is 6. The van der Waals surface area contributed by atoms with E-state index in [2.05, 4.69) is 17.6 Å². The molecular formula is C23H30N2O3. The van der Waals surface area contributed by atoms with Gasteiger partial charge in [0, 0.05) is 12.1 Å². The maximum Gasteiger partial charge on any atom is 0.258 e. The predicted molar refractivity (Wildman–Crippen MR) is 112 cm³/mol. The molecule has 28 heavy (non-hydrogen) atoms. The summed E-state index contributed by atoms with van der Waals surface area (Å²) in [5.74, 6) is 0.581. The smallest absolute Gasteiger partial charge is 0.258 e. The zero-order valence-corrected chi connectivity index (χ0v) is 17.0. The van der Waals surface area contributed by atoms with Gasteiger partial charge in [0.25, 0.3) is 11.8 Å². The Hall–Kier alpha value is -2.56. The van der Waals surface area contributed by atoms with Crippen molar-refractivity contribution in [3.05, 3.63) is 42.0 Å². The van der Waals surface area contributed by atoms with Gasteiger partial charge < -0.3 is 15.4 Å². The SMILES string of the molecule is CC(C)NC(=O)COc1cc2ccccc2cc1C(=O)NC1CCCCC1C. The van der Waals surface area contributed by atoms with Crippen LogP contribution >= 0.6 is 0 Å². The Morgan fingerprint density at radius 1 is 1.11 bits per heavy atom. The fraction of sp³-hybridized carbons (Fsp3) is 0.478. The van der Waals surface area contributed by atoms with E-state index >= 15 is 0 Å². The van der Waals surface area contributed by atoms with Crippen molar-refractivity contribution in [3.8, 4) is 5.75 Å². The van der Waals surface area contributed by atoms with Crippen LogP contribution in [0.2, 0.25) is 0 Å². The van der Waals surface area contributed by atoms with E-state index in [9.17, 15) is 9.59 Å². The predicted octanol–water partition coefficient (Wildman–Crippen LogP) is 4.05. The van der Waals surface area contributed by atoms with Crippen LogP contribution in [0.4, 0.5) is 0 Å². The summed E-state index contributed by atoms with van der Waals surface area (Å²) in [6, 6.07) is 11.8. The highest BCUT2D eigenvalue weighted by Gasteiger charge is 2.25. The molecule has 0 spiro atoms. The number of hydrogen-bond donors (Lipinski definition) is 2. The third-order valence-electron chi connectivity index (χ3n) is 5.33. The second kappa shape index (κ2) is 9.09. The normalized spacial score (nSPS) is 19.4. The quantitative estimate of drug-likeness (QED) is 0.792. The maximum absolute atomic E-state index is 13.1. The van der Waals surface area contributed by atoms with Gasteiger partial charge in [-0.1, -0.05) is 44.0 Å². The van der Waals surface area contributed by atoms with Gasteiger partial charge >= 0.3 is 0 Å². The highest BCUT2D eigenvalue weighted by atomic mass is 16.5. The molecule has 2 atom stereocenters. The lowest BCUT2D eigenvalue weighted by Crippen LogP contribution is -2.41. The summed E-state index contributed by atoms with van der Waals surface area (Å²) < 4.78 is 5.77. The molecular weight excluding hydrogens is 352 g/mol. The van der Waals surface area contributed by atoms with Crippen molar-refractivity contribution in [2.24, 2.45) is 5.92 Å². The van der Waals surface area contributed by atoms with E-state index in [0.29, 0.717) is 17.2 Å². The lowest BCUT2D eigenvalue weighted by Gasteiger charge is -2.29. The Balaban J connectivity index is 1.83. The average molecular weight is 383 g/mol. The van der Waals surface area contributed by atoms with Crippen LogP contribution in [-0.4, -0.2) is 30.5 Å². The first-order chi connectivity index (χ1) is 13.4. The molecule has 1 saturated carbocycles. The minimum Gasteiger partial charge on any atom is -0.483 e. The van der Waals surface area contributed by atoms with E-state index in [4.69, 9.17) is 4.74 Å². The van der Waals surface area contributed by atoms with Crippen LogP contribution in [0.5, 0.6) is 5.75 Å². The summed E-state index contributed by atoms with van der Waals surface area (Å²) in [7, 11) is 0. The topological polar surface area (TPSA) is 67.4 Å². The molecule has 2 N–H and O–H groups in total. The highest BCUT2D eigenvalue weighted by molar-refractivity contribution is 6.02. The summed E-state index contributed by atoms with van der Waals surface area (Å²) >= 11 is 0. The fourth-order valence-electron chi connectivity index (χ4n) is 3.80. The Morgan fingerprint density at radius 2 is 1.79 bits per heavy atom. The second-order valence-electron chi connectivity index (χ2n) is 8.05. The van der Waals surface area contributed by atoms with Gasteiger partial charge in [-0.05, 0) is 55.5 Å². The average Bonchev–Trinajstić information content (AvgIpc) is 2.67. The van der Waals surface area contributed by atoms with Gasteiger partial charge in [-0.2, -0.15) is 0 Å². The second-order valence-corrected chi connectivity index (χ2v) is 8.05. The molecule has 150 valence electrons. The number of hydrogen-bond acceptors (Lipinski definition) is 3. The van der Waals surface area contributed by atoms with E-state index in [0.717, 1.165) is 30.0 Å². The first kappa shape index (κ1) is 20.2. The third-order valence-corrected chi connectivity index (χ3v) is 5.33. The summed E-state index contributed by atoms with van der Waals surface area (Å²) in [4.78, 5) is 25.0. The molecule has 0 aliphatic heterocycles. The van der Waals surface area contributed by atoms with Crippen LogP contribution < -0.4 is 15.4 Å². The summed E-state index contributed by atoms with van der Waals surface area (Å²) in [5, 5.41) is 7.95. The molecule has 5 nitrogen and oxygen atoms in total. The van der Waals surface area contributed by atoms with Crippen molar-refractivity contribution in [2.75, 3.05) is 6.61 Å². The Labute approximate surface area is 166 Å². The monoisotopic (exact) mass is 382 g/mol. The fourth-order valence-corrected chi connectivity index (χ4v) is 3.80. The number of carbonyl (C=O) groups excluding carboxylic acids is 2. The van der Waals surface area contributed by atoms with Gasteiger partial charge in [0.05, 0.1) is 5.56 Å². The van der Waals surface area contributed by atoms with Crippen LogP contribution in [0.15, 0.2) is 36.4 Å². The van der Waals surface area contributed by atoms with Crippen LogP contribution in [0.1, 0.15) is 56.8 Å². The van der Waals surface area contributed by atoms with Gasteiger partial charge in [0.1, 0.15) is 5.75 Å². The first-order valence-electron chi connectivity index (χ1n) is 10.2. The molecule has 0 aromatic heterocycles. The molecule has 0 bridgehead atoms. The van der Waals surface area contributed by atoms with Crippen LogP contribution in [0.3, 0.4) is 0 Å². The Kier molecular flexibility index (Phi) is 6.55. The van der Waals surface area contributed by atoms with Crippen molar-refractivity contribution in [2.45, 2.75) is 58.5 Å². The molecule has 1 fully saturated rings. The largest absolute Gasteiger partial charge is 0.483 e. The van der Waals surface area contributed by atoms with Gasteiger partial charge in [0.2, 0.25) is 0 Å². The van der Waals surface area contributed by atoms with E-state index in [1.165, 1.54) is 6.42 Å². The van der Waals surface area contributed by atoms with E-state index in [1.54, 1.807) is 0 Å². The van der Waals surface area contributed by atoms with E-state index in [-0.39, 0.29) is 30.5 Å². The lowest BCUT2D eigenvalue weighted by atomic mass is 9.86. The van der Waals surface area contributed by atoms with Gasteiger partial charge in [0.15, 0.2) is 6.61 Å². The van der Waals surface area contributed by atoms with Gasteiger partial charge in [-0.15, -0.1) is 0 Å². The van der Waals surface area contributed by atoms with Crippen molar-refractivity contribution in [3.63, 3.8) is 0 Å². The van der Waals surface area contributed by atoms with Gasteiger partial charge in [-0.25, -0.2) is 0 Å². The molecule has 0 heterocycles. The number of fused-ring (bicyclic) bond motifs is 1. The van der Waals surface area contributed by atoms with Crippen molar-refractivity contribution < 1.29 is 14.3 Å². The summed E-state index contributed by atoms with van der Waals surface area (Å²) in [6.07, 6.45) is 4.52. The summed E-state index contributed by atoms with van der Waals surface area (Å²) in [6.45, 7) is 5.88.